The lowest BCUT2D eigenvalue weighted by molar-refractivity contribution is 0.152. The fourth-order valence-corrected chi connectivity index (χ4v) is 2.99. The first-order valence-electron chi connectivity index (χ1n) is 5.04. The van der Waals surface area contributed by atoms with Crippen LogP contribution in [0.5, 0.6) is 0 Å². The SMILES string of the molecule is OC1Cn2cccc2Sc2ccc(F)cc21. The molecule has 82 valence electrons. The summed E-state index contributed by atoms with van der Waals surface area (Å²) in [6.45, 7) is 0.478. The molecule has 1 atom stereocenters. The van der Waals surface area contributed by atoms with E-state index in [2.05, 4.69) is 0 Å². The van der Waals surface area contributed by atoms with Gasteiger partial charge in [-0.15, -0.1) is 0 Å². The van der Waals surface area contributed by atoms with E-state index in [-0.39, 0.29) is 5.82 Å². The van der Waals surface area contributed by atoms with E-state index < -0.39 is 6.10 Å². The summed E-state index contributed by atoms with van der Waals surface area (Å²) in [7, 11) is 0. The van der Waals surface area contributed by atoms with Crippen molar-refractivity contribution in [1.29, 1.82) is 0 Å². The number of hydrogen-bond donors (Lipinski definition) is 1. The molecule has 0 saturated carbocycles. The Morgan fingerprint density at radius 1 is 1.38 bits per heavy atom. The topological polar surface area (TPSA) is 25.2 Å². The van der Waals surface area contributed by atoms with Crippen molar-refractivity contribution in [3.63, 3.8) is 0 Å². The van der Waals surface area contributed by atoms with Gasteiger partial charge in [0.2, 0.25) is 0 Å². The van der Waals surface area contributed by atoms with Crippen molar-refractivity contribution in [2.24, 2.45) is 0 Å². The summed E-state index contributed by atoms with van der Waals surface area (Å²) in [6.07, 6.45) is 1.28. The van der Waals surface area contributed by atoms with E-state index in [1.54, 1.807) is 17.8 Å². The predicted octanol–water partition coefficient (Wildman–Crippen LogP) is 2.83. The van der Waals surface area contributed by atoms with Gasteiger partial charge in [0.1, 0.15) is 5.82 Å². The molecule has 0 aliphatic carbocycles. The van der Waals surface area contributed by atoms with Crippen molar-refractivity contribution in [2.45, 2.75) is 22.6 Å². The molecule has 2 aromatic rings. The number of fused-ring (bicyclic) bond motifs is 2. The van der Waals surface area contributed by atoms with Gasteiger partial charge in [-0.2, -0.15) is 0 Å². The fourth-order valence-electron chi connectivity index (χ4n) is 1.91. The van der Waals surface area contributed by atoms with Gasteiger partial charge in [0, 0.05) is 11.1 Å². The number of hydrogen-bond acceptors (Lipinski definition) is 2. The lowest BCUT2D eigenvalue weighted by Crippen LogP contribution is -2.06. The average molecular weight is 235 g/mol. The first kappa shape index (κ1) is 9.93. The number of halogens is 1. The van der Waals surface area contributed by atoms with Gasteiger partial charge in [-0.3, -0.25) is 0 Å². The molecule has 1 aromatic heterocycles. The fraction of sp³-hybridized carbons (Fsp3) is 0.167. The van der Waals surface area contributed by atoms with Crippen molar-refractivity contribution < 1.29 is 9.50 Å². The third-order valence-corrected chi connectivity index (χ3v) is 3.87. The highest BCUT2D eigenvalue weighted by atomic mass is 32.2. The highest BCUT2D eigenvalue weighted by Gasteiger charge is 2.20. The molecular formula is C12H10FNOS. The Bertz CT molecular complexity index is 538. The van der Waals surface area contributed by atoms with E-state index in [1.165, 1.54) is 12.1 Å². The lowest BCUT2D eigenvalue weighted by Gasteiger charge is -2.11. The maximum Gasteiger partial charge on any atom is 0.123 e. The predicted molar refractivity (Wildman–Crippen MR) is 59.9 cm³/mol. The minimum atomic E-state index is -0.646. The van der Waals surface area contributed by atoms with Gasteiger partial charge in [0.15, 0.2) is 0 Å². The lowest BCUT2D eigenvalue weighted by atomic mass is 10.1. The number of aliphatic hydroxyl groups excluding tert-OH is 1. The third kappa shape index (κ3) is 1.54. The summed E-state index contributed by atoms with van der Waals surface area (Å²) >= 11 is 1.56. The second-order valence-electron chi connectivity index (χ2n) is 3.80. The van der Waals surface area contributed by atoms with Gasteiger partial charge in [-0.1, -0.05) is 11.8 Å². The molecule has 2 heterocycles. The number of aliphatic hydroxyl groups is 1. The minimum Gasteiger partial charge on any atom is -0.386 e. The van der Waals surface area contributed by atoms with Gasteiger partial charge < -0.3 is 9.67 Å². The average Bonchev–Trinajstić information content (AvgIpc) is 2.63. The van der Waals surface area contributed by atoms with Gasteiger partial charge in [0.25, 0.3) is 0 Å². The van der Waals surface area contributed by atoms with Crippen LogP contribution in [0, 0.1) is 5.82 Å². The zero-order valence-corrected chi connectivity index (χ0v) is 9.25. The smallest absolute Gasteiger partial charge is 0.123 e. The first-order valence-corrected chi connectivity index (χ1v) is 5.86. The molecule has 1 unspecified atom stereocenters. The number of aromatic nitrogens is 1. The van der Waals surface area contributed by atoms with Crippen LogP contribution < -0.4 is 0 Å². The zero-order chi connectivity index (χ0) is 11.1. The van der Waals surface area contributed by atoms with Crippen LogP contribution in [0.2, 0.25) is 0 Å². The van der Waals surface area contributed by atoms with E-state index in [9.17, 15) is 9.50 Å². The van der Waals surface area contributed by atoms with Gasteiger partial charge >= 0.3 is 0 Å². The summed E-state index contributed by atoms with van der Waals surface area (Å²) in [5, 5.41) is 11.1. The van der Waals surface area contributed by atoms with Crippen molar-refractivity contribution in [3.05, 3.63) is 47.9 Å². The first-order chi connectivity index (χ1) is 7.74. The van der Waals surface area contributed by atoms with Crippen molar-refractivity contribution >= 4 is 11.8 Å². The molecule has 2 nitrogen and oxygen atoms in total. The highest BCUT2D eigenvalue weighted by Crippen LogP contribution is 2.38. The van der Waals surface area contributed by atoms with Crippen LogP contribution in [0.15, 0.2) is 46.5 Å². The molecule has 4 heteroatoms. The molecule has 1 N–H and O–H groups in total. The van der Waals surface area contributed by atoms with Gasteiger partial charge in [-0.25, -0.2) is 4.39 Å². The Balaban J connectivity index is 2.14. The monoisotopic (exact) mass is 235 g/mol. The quantitative estimate of drug-likeness (QED) is 0.759. The summed E-state index contributed by atoms with van der Waals surface area (Å²) in [5.74, 6) is -0.301. The third-order valence-electron chi connectivity index (χ3n) is 2.70. The van der Waals surface area contributed by atoms with Crippen molar-refractivity contribution in [3.8, 4) is 0 Å². The molecule has 0 spiro atoms. The second-order valence-corrected chi connectivity index (χ2v) is 4.86. The van der Waals surface area contributed by atoms with Crippen LogP contribution >= 0.6 is 11.8 Å². The van der Waals surface area contributed by atoms with Crippen molar-refractivity contribution in [2.75, 3.05) is 0 Å². The highest BCUT2D eigenvalue weighted by molar-refractivity contribution is 7.99. The maximum atomic E-state index is 13.1. The van der Waals surface area contributed by atoms with E-state index in [0.29, 0.717) is 12.1 Å². The zero-order valence-electron chi connectivity index (χ0n) is 8.43. The number of benzene rings is 1. The van der Waals surface area contributed by atoms with E-state index >= 15 is 0 Å². The van der Waals surface area contributed by atoms with Gasteiger partial charge in [-0.05, 0) is 35.9 Å². The Hall–Kier alpha value is -1.26. The van der Waals surface area contributed by atoms with Crippen LogP contribution in [0.4, 0.5) is 4.39 Å². The van der Waals surface area contributed by atoms with Crippen LogP contribution in [0.3, 0.4) is 0 Å². The normalized spacial score (nSPS) is 18.8. The Labute approximate surface area is 96.7 Å². The Morgan fingerprint density at radius 3 is 3.12 bits per heavy atom. The van der Waals surface area contributed by atoms with Gasteiger partial charge in [0.05, 0.1) is 17.7 Å². The number of nitrogens with zero attached hydrogens (tertiary/aromatic N) is 1. The summed E-state index contributed by atoms with van der Waals surface area (Å²) in [5.41, 5.74) is 0.675. The van der Waals surface area contributed by atoms with Crippen LogP contribution in [0.25, 0.3) is 0 Å². The molecule has 0 bridgehead atoms. The molecule has 0 radical (unpaired) electrons. The molecule has 1 aliphatic rings. The van der Waals surface area contributed by atoms with Crippen molar-refractivity contribution in [1.82, 2.24) is 4.57 Å². The summed E-state index contributed by atoms with van der Waals surface area (Å²) in [4.78, 5) is 0.923. The molecule has 0 fully saturated rings. The molecule has 0 saturated heterocycles. The second kappa shape index (κ2) is 3.64. The van der Waals surface area contributed by atoms with Crippen LogP contribution in [0.1, 0.15) is 11.7 Å². The maximum absolute atomic E-state index is 13.1. The molecule has 3 rings (SSSR count). The van der Waals surface area contributed by atoms with E-state index in [4.69, 9.17) is 0 Å². The molecule has 1 aromatic carbocycles. The Kier molecular flexibility index (Phi) is 2.26. The number of rotatable bonds is 0. The molecular weight excluding hydrogens is 225 g/mol. The minimum absolute atomic E-state index is 0.301. The molecule has 0 amide bonds. The van der Waals surface area contributed by atoms with E-state index in [1.807, 2.05) is 22.9 Å². The Morgan fingerprint density at radius 2 is 2.25 bits per heavy atom. The van der Waals surface area contributed by atoms with Crippen LogP contribution in [-0.4, -0.2) is 9.67 Å². The molecule has 16 heavy (non-hydrogen) atoms. The van der Waals surface area contributed by atoms with Crippen LogP contribution in [-0.2, 0) is 6.54 Å². The van der Waals surface area contributed by atoms with E-state index in [0.717, 1.165) is 9.92 Å². The summed E-state index contributed by atoms with van der Waals surface area (Å²) in [6, 6.07) is 8.51. The summed E-state index contributed by atoms with van der Waals surface area (Å²) < 4.78 is 15.1. The molecule has 1 aliphatic heterocycles. The standard InChI is InChI=1S/C12H10FNOS/c13-8-3-4-11-9(6-8)10(15)7-14-5-1-2-12(14)16-11/h1-6,10,15H,7H2. The largest absolute Gasteiger partial charge is 0.386 e.